The maximum atomic E-state index is 12.4. The number of methoxy groups -OCH3 is 1. The van der Waals surface area contributed by atoms with Crippen LogP contribution in [0.4, 0.5) is 11.5 Å². The van der Waals surface area contributed by atoms with Gasteiger partial charge in [0.1, 0.15) is 0 Å². The number of ether oxygens (including phenoxy) is 1. The van der Waals surface area contributed by atoms with Gasteiger partial charge in [0.25, 0.3) is 5.91 Å². The van der Waals surface area contributed by atoms with Crippen LogP contribution in [0.3, 0.4) is 0 Å². The minimum Gasteiger partial charge on any atom is -0.465 e. The van der Waals surface area contributed by atoms with E-state index >= 15 is 0 Å². The lowest BCUT2D eigenvalue weighted by Crippen LogP contribution is -2.23. The fourth-order valence-electron chi connectivity index (χ4n) is 2.41. The molecule has 0 bridgehead atoms. The molecular formula is C16H16ClN5O3. The molecule has 130 valence electrons. The third-order valence-corrected chi connectivity index (χ3v) is 3.94. The minimum atomic E-state index is -0.597. The first kappa shape index (κ1) is 17.1. The number of carbonyl (C=O) groups is 2. The second-order valence-electron chi connectivity index (χ2n) is 5.33. The molecule has 0 radical (unpaired) electrons. The van der Waals surface area contributed by atoms with E-state index < -0.39 is 11.9 Å². The van der Waals surface area contributed by atoms with Crippen LogP contribution in [0.2, 0.25) is 5.02 Å². The molecule has 0 saturated carbocycles. The Labute approximate surface area is 149 Å². The molecule has 0 unspecified atom stereocenters. The van der Waals surface area contributed by atoms with Gasteiger partial charge in [-0.1, -0.05) is 11.6 Å². The first-order valence-electron chi connectivity index (χ1n) is 7.57. The number of nitrogens with zero attached hydrogens (tertiary/aromatic N) is 3. The highest BCUT2D eigenvalue weighted by Crippen LogP contribution is 2.22. The average Bonchev–Trinajstić information content (AvgIpc) is 3.17. The Balaban J connectivity index is 1.77. The van der Waals surface area contributed by atoms with Crippen LogP contribution < -0.4 is 15.5 Å². The zero-order valence-electron chi connectivity index (χ0n) is 13.5. The summed E-state index contributed by atoms with van der Waals surface area (Å²) in [4.78, 5) is 26.2. The lowest BCUT2D eigenvalue weighted by Gasteiger charge is -2.14. The molecule has 1 aromatic carbocycles. The van der Waals surface area contributed by atoms with Gasteiger partial charge in [-0.25, -0.2) is 4.79 Å². The summed E-state index contributed by atoms with van der Waals surface area (Å²) in [5.74, 6) is -0.380. The predicted molar refractivity (Wildman–Crippen MR) is 93.0 cm³/mol. The van der Waals surface area contributed by atoms with Crippen LogP contribution in [0.15, 0.2) is 30.3 Å². The zero-order valence-corrected chi connectivity index (χ0v) is 14.2. The van der Waals surface area contributed by atoms with Crippen molar-refractivity contribution < 1.29 is 14.3 Å². The molecule has 8 nitrogen and oxygen atoms in total. The molecule has 3 rings (SSSR count). The molecule has 1 saturated heterocycles. The van der Waals surface area contributed by atoms with E-state index in [-0.39, 0.29) is 16.9 Å². The SMILES string of the molecule is COC(=O)c1cc(Cl)ccc1NC(=O)c1ccc(N2CCNC2)nn1. The number of amides is 1. The highest BCUT2D eigenvalue weighted by atomic mass is 35.5. The van der Waals surface area contributed by atoms with Gasteiger partial charge in [0.05, 0.1) is 25.0 Å². The lowest BCUT2D eigenvalue weighted by molar-refractivity contribution is 0.0602. The molecule has 1 amide bonds. The van der Waals surface area contributed by atoms with E-state index in [4.69, 9.17) is 16.3 Å². The summed E-state index contributed by atoms with van der Waals surface area (Å²) < 4.78 is 4.70. The third-order valence-electron chi connectivity index (χ3n) is 3.70. The number of hydrogen-bond acceptors (Lipinski definition) is 7. The second-order valence-corrected chi connectivity index (χ2v) is 5.77. The van der Waals surface area contributed by atoms with Gasteiger partial charge >= 0.3 is 5.97 Å². The van der Waals surface area contributed by atoms with Crippen molar-refractivity contribution in [3.05, 3.63) is 46.6 Å². The van der Waals surface area contributed by atoms with E-state index in [9.17, 15) is 9.59 Å². The summed E-state index contributed by atoms with van der Waals surface area (Å²) >= 11 is 5.90. The van der Waals surface area contributed by atoms with Crippen LogP contribution in [-0.4, -0.2) is 48.9 Å². The van der Waals surface area contributed by atoms with Crippen LogP contribution in [0.25, 0.3) is 0 Å². The number of esters is 1. The highest BCUT2D eigenvalue weighted by Gasteiger charge is 2.18. The highest BCUT2D eigenvalue weighted by molar-refractivity contribution is 6.31. The Morgan fingerprint density at radius 3 is 2.76 bits per heavy atom. The summed E-state index contributed by atoms with van der Waals surface area (Å²) in [5, 5.41) is 14.2. The van der Waals surface area contributed by atoms with Crippen molar-refractivity contribution in [3.63, 3.8) is 0 Å². The van der Waals surface area contributed by atoms with E-state index in [0.29, 0.717) is 17.5 Å². The minimum absolute atomic E-state index is 0.140. The second kappa shape index (κ2) is 7.45. The molecule has 0 aliphatic carbocycles. The number of rotatable bonds is 4. The fourth-order valence-corrected chi connectivity index (χ4v) is 2.58. The molecule has 0 atom stereocenters. The summed E-state index contributed by atoms with van der Waals surface area (Å²) in [6, 6.07) is 7.85. The molecular weight excluding hydrogens is 346 g/mol. The van der Waals surface area contributed by atoms with Gasteiger partial charge in [0.15, 0.2) is 11.5 Å². The number of nitrogens with one attached hydrogen (secondary N) is 2. The van der Waals surface area contributed by atoms with E-state index in [0.717, 1.165) is 13.1 Å². The number of anilines is 2. The summed E-state index contributed by atoms with van der Waals surface area (Å²) in [5.41, 5.74) is 0.591. The first-order chi connectivity index (χ1) is 12.1. The van der Waals surface area contributed by atoms with Crippen molar-refractivity contribution in [1.82, 2.24) is 15.5 Å². The van der Waals surface area contributed by atoms with Gasteiger partial charge in [-0.2, -0.15) is 0 Å². The normalized spacial score (nSPS) is 13.6. The fraction of sp³-hybridized carbons (Fsp3) is 0.250. The Morgan fingerprint density at radius 1 is 1.28 bits per heavy atom. The third kappa shape index (κ3) is 3.86. The summed E-state index contributed by atoms with van der Waals surface area (Å²) in [6.07, 6.45) is 0. The largest absolute Gasteiger partial charge is 0.465 e. The van der Waals surface area contributed by atoms with Crippen molar-refractivity contribution in [3.8, 4) is 0 Å². The quantitative estimate of drug-likeness (QED) is 0.797. The number of hydrogen-bond donors (Lipinski definition) is 2. The molecule has 1 aliphatic rings. The number of halogens is 1. The van der Waals surface area contributed by atoms with Crippen LogP contribution >= 0.6 is 11.6 Å². The summed E-state index contributed by atoms with van der Waals surface area (Å²) in [7, 11) is 1.26. The average molecular weight is 362 g/mol. The summed E-state index contributed by atoms with van der Waals surface area (Å²) in [6.45, 7) is 2.43. The van der Waals surface area contributed by atoms with Gasteiger partial charge < -0.3 is 15.0 Å². The number of aromatic nitrogens is 2. The van der Waals surface area contributed by atoms with E-state index in [1.807, 2.05) is 4.90 Å². The van der Waals surface area contributed by atoms with E-state index in [1.165, 1.54) is 19.2 Å². The van der Waals surface area contributed by atoms with Crippen molar-refractivity contribution in [2.45, 2.75) is 0 Å². The molecule has 2 N–H and O–H groups in total. The maximum absolute atomic E-state index is 12.4. The van der Waals surface area contributed by atoms with Gasteiger partial charge in [-0.05, 0) is 30.3 Å². The van der Waals surface area contributed by atoms with Crippen LogP contribution in [0, 0.1) is 0 Å². The Hall–Kier alpha value is -2.71. The van der Waals surface area contributed by atoms with Gasteiger partial charge in [0, 0.05) is 18.1 Å². The topological polar surface area (TPSA) is 96.5 Å². The predicted octanol–water partition coefficient (Wildman–Crippen LogP) is 1.54. The monoisotopic (exact) mass is 361 g/mol. The van der Waals surface area contributed by atoms with Gasteiger partial charge in [-0.3, -0.25) is 10.1 Å². The molecule has 0 spiro atoms. The molecule has 2 heterocycles. The number of carbonyl (C=O) groups excluding carboxylic acids is 2. The molecule has 1 fully saturated rings. The van der Waals surface area contributed by atoms with Gasteiger partial charge in [-0.15, -0.1) is 10.2 Å². The van der Waals surface area contributed by atoms with Crippen molar-refractivity contribution >= 4 is 35.0 Å². The smallest absolute Gasteiger partial charge is 0.340 e. The van der Waals surface area contributed by atoms with Crippen LogP contribution in [0.5, 0.6) is 0 Å². The van der Waals surface area contributed by atoms with E-state index in [2.05, 4.69) is 20.8 Å². The van der Waals surface area contributed by atoms with Gasteiger partial charge in [0.2, 0.25) is 0 Å². The molecule has 2 aromatic rings. The maximum Gasteiger partial charge on any atom is 0.340 e. The number of benzene rings is 1. The standard InChI is InChI=1S/C16H16ClN5O3/c1-25-16(24)11-8-10(17)2-3-12(11)19-15(23)13-4-5-14(21-20-13)22-7-6-18-9-22/h2-5,8,18H,6-7,9H2,1H3,(H,19,23). The van der Waals surface area contributed by atoms with Crippen molar-refractivity contribution in [2.24, 2.45) is 0 Å². The molecule has 9 heteroatoms. The molecule has 25 heavy (non-hydrogen) atoms. The Kier molecular flexibility index (Phi) is 5.11. The van der Waals surface area contributed by atoms with Crippen molar-refractivity contribution in [2.75, 3.05) is 37.1 Å². The Bertz CT molecular complexity index is 791. The van der Waals surface area contributed by atoms with Crippen LogP contribution in [0.1, 0.15) is 20.8 Å². The van der Waals surface area contributed by atoms with E-state index in [1.54, 1.807) is 18.2 Å². The first-order valence-corrected chi connectivity index (χ1v) is 7.95. The van der Waals surface area contributed by atoms with Crippen molar-refractivity contribution in [1.29, 1.82) is 0 Å². The van der Waals surface area contributed by atoms with Crippen LogP contribution in [-0.2, 0) is 4.74 Å². The molecule has 1 aromatic heterocycles. The molecule has 1 aliphatic heterocycles. The Morgan fingerprint density at radius 2 is 2.12 bits per heavy atom. The zero-order chi connectivity index (χ0) is 17.8. The lowest BCUT2D eigenvalue weighted by atomic mass is 10.1.